The van der Waals surface area contributed by atoms with E-state index in [2.05, 4.69) is 15.3 Å². The normalized spacial score (nSPS) is 10.7. The second kappa shape index (κ2) is 2.02. The zero-order valence-corrected chi connectivity index (χ0v) is 6.44. The van der Waals surface area contributed by atoms with Crippen molar-refractivity contribution in [1.29, 1.82) is 0 Å². The van der Waals surface area contributed by atoms with Gasteiger partial charge in [-0.05, 0) is 12.5 Å². The fraction of sp³-hybridized carbons (Fsp3) is 0.286. The molecule has 11 heavy (non-hydrogen) atoms. The van der Waals surface area contributed by atoms with Gasteiger partial charge in [0.05, 0.1) is 6.20 Å². The van der Waals surface area contributed by atoms with E-state index in [4.69, 9.17) is 0 Å². The van der Waals surface area contributed by atoms with Gasteiger partial charge in [-0.25, -0.2) is 4.68 Å². The number of nitrogens with zero attached hydrogens (tertiary/aromatic N) is 4. The van der Waals surface area contributed by atoms with E-state index < -0.39 is 0 Å². The highest BCUT2D eigenvalue weighted by atomic mass is 15.4. The lowest BCUT2D eigenvalue weighted by Crippen LogP contribution is -1.89. The Kier molecular flexibility index (Phi) is 1.15. The first kappa shape index (κ1) is 6.27. The lowest BCUT2D eigenvalue weighted by molar-refractivity contribution is 0.735. The van der Waals surface area contributed by atoms with Crippen LogP contribution in [0.1, 0.15) is 5.56 Å². The number of pyridine rings is 1. The average molecular weight is 148 g/mol. The van der Waals surface area contributed by atoms with Gasteiger partial charge >= 0.3 is 0 Å². The molecule has 0 aliphatic carbocycles. The second-order valence-corrected chi connectivity index (χ2v) is 2.54. The molecular weight excluding hydrogens is 140 g/mol. The van der Waals surface area contributed by atoms with Crippen LogP contribution in [0, 0.1) is 6.92 Å². The van der Waals surface area contributed by atoms with E-state index in [0.717, 1.165) is 16.6 Å². The molecule has 0 bridgehead atoms. The number of hydrogen-bond acceptors (Lipinski definition) is 3. The Balaban J connectivity index is 2.94. The molecule has 0 spiro atoms. The Hall–Kier alpha value is -1.45. The third-order valence-corrected chi connectivity index (χ3v) is 1.71. The van der Waals surface area contributed by atoms with E-state index in [-0.39, 0.29) is 0 Å². The van der Waals surface area contributed by atoms with Gasteiger partial charge in [0.2, 0.25) is 0 Å². The van der Waals surface area contributed by atoms with Gasteiger partial charge in [0.1, 0.15) is 11.0 Å². The highest BCUT2D eigenvalue weighted by molar-refractivity contribution is 5.76. The predicted octanol–water partition coefficient (Wildman–Crippen LogP) is 0.672. The molecule has 0 aromatic carbocycles. The minimum Gasteiger partial charge on any atom is -0.262 e. The van der Waals surface area contributed by atoms with E-state index in [0.29, 0.717) is 0 Å². The van der Waals surface area contributed by atoms with E-state index in [9.17, 15) is 0 Å². The van der Waals surface area contributed by atoms with E-state index in [1.165, 1.54) is 0 Å². The van der Waals surface area contributed by atoms with Gasteiger partial charge in [-0.2, -0.15) is 0 Å². The summed E-state index contributed by atoms with van der Waals surface area (Å²) in [6, 6.07) is 0. The van der Waals surface area contributed by atoms with Gasteiger partial charge in [-0.15, -0.1) is 5.10 Å². The summed E-state index contributed by atoms with van der Waals surface area (Å²) in [5.74, 6) is 0. The molecule has 2 aromatic heterocycles. The lowest BCUT2D eigenvalue weighted by Gasteiger charge is -1.91. The molecule has 0 atom stereocenters. The summed E-state index contributed by atoms with van der Waals surface area (Å²) in [6.07, 6.45) is 3.55. The summed E-state index contributed by atoms with van der Waals surface area (Å²) >= 11 is 0. The number of rotatable bonds is 0. The molecule has 0 aliphatic heterocycles. The maximum absolute atomic E-state index is 4.04. The maximum atomic E-state index is 4.04. The Labute approximate surface area is 63.9 Å². The average Bonchev–Trinajstić information content (AvgIpc) is 2.35. The van der Waals surface area contributed by atoms with Crippen LogP contribution in [-0.2, 0) is 7.05 Å². The fourth-order valence-corrected chi connectivity index (χ4v) is 1.07. The fourth-order valence-electron chi connectivity index (χ4n) is 1.07. The molecule has 0 saturated heterocycles. The van der Waals surface area contributed by atoms with Crippen LogP contribution in [0.4, 0.5) is 0 Å². The van der Waals surface area contributed by atoms with Crippen molar-refractivity contribution in [3.63, 3.8) is 0 Å². The summed E-state index contributed by atoms with van der Waals surface area (Å²) in [5.41, 5.74) is 2.98. The summed E-state index contributed by atoms with van der Waals surface area (Å²) in [7, 11) is 1.86. The van der Waals surface area contributed by atoms with Crippen LogP contribution >= 0.6 is 0 Å². The van der Waals surface area contributed by atoms with Crippen LogP contribution in [0.15, 0.2) is 12.4 Å². The first-order valence-electron chi connectivity index (χ1n) is 3.39. The molecule has 0 unspecified atom stereocenters. The molecule has 0 radical (unpaired) electrons. The molecule has 0 amide bonds. The van der Waals surface area contributed by atoms with Crippen molar-refractivity contribution in [3.8, 4) is 0 Å². The Morgan fingerprint density at radius 1 is 1.36 bits per heavy atom. The highest BCUT2D eigenvalue weighted by Crippen LogP contribution is 2.11. The van der Waals surface area contributed by atoms with Crippen LogP contribution in [0.5, 0.6) is 0 Å². The van der Waals surface area contributed by atoms with Crippen LogP contribution in [0.2, 0.25) is 0 Å². The third kappa shape index (κ3) is 0.790. The van der Waals surface area contributed by atoms with Crippen molar-refractivity contribution < 1.29 is 0 Å². The Bertz CT molecular complexity index is 390. The standard InChI is InChI=1S/C7H8N4/c1-5-3-8-4-6-7(5)9-10-11(6)2/h3-4H,1-2H3. The maximum Gasteiger partial charge on any atom is 0.119 e. The molecule has 2 aromatic rings. The van der Waals surface area contributed by atoms with Crippen LogP contribution in [-0.4, -0.2) is 20.0 Å². The van der Waals surface area contributed by atoms with Gasteiger partial charge in [0.15, 0.2) is 0 Å². The molecule has 0 aliphatic rings. The van der Waals surface area contributed by atoms with Crippen LogP contribution in [0.3, 0.4) is 0 Å². The monoisotopic (exact) mass is 148 g/mol. The molecule has 2 rings (SSSR count). The Morgan fingerprint density at radius 2 is 2.18 bits per heavy atom. The van der Waals surface area contributed by atoms with Gasteiger partial charge < -0.3 is 0 Å². The summed E-state index contributed by atoms with van der Waals surface area (Å²) in [4.78, 5) is 4.04. The molecular formula is C7H8N4. The van der Waals surface area contributed by atoms with Crippen LogP contribution < -0.4 is 0 Å². The molecule has 4 heteroatoms. The SMILES string of the molecule is Cc1cncc2c1nnn2C. The lowest BCUT2D eigenvalue weighted by atomic mass is 10.3. The van der Waals surface area contributed by atoms with E-state index in [1.807, 2.05) is 14.0 Å². The number of aromatic nitrogens is 4. The quantitative estimate of drug-likeness (QED) is 0.551. The van der Waals surface area contributed by atoms with Crippen molar-refractivity contribution in [2.75, 3.05) is 0 Å². The Morgan fingerprint density at radius 3 is 2.91 bits per heavy atom. The van der Waals surface area contributed by atoms with Gasteiger partial charge in [0, 0.05) is 13.2 Å². The largest absolute Gasteiger partial charge is 0.262 e. The zero-order chi connectivity index (χ0) is 7.84. The molecule has 2 heterocycles. The predicted molar refractivity (Wildman–Crippen MR) is 41.0 cm³/mol. The molecule has 4 nitrogen and oxygen atoms in total. The molecule has 56 valence electrons. The third-order valence-electron chi connectivity index (χ3n) is 1.71. The van der Waals surface area contributed by atoms with E-state index >= 15 is 0 Å². The van der Waals surface area contributed by atoms with E-state index in [1.54, 1.807) is 17.1 Å². The first-order chi connectivity index (χ1) is 5.29. The minimum absolute atomic E-state index is 0.933. The smallest absolute Gasteiger partial charge is 0.119 e. The second-order valence-electron chi connectivity index (χ2n) is 2.54. The highest BCUT2D eigenvalue weighted by Gasteiger charge is 2.02. The van der Waals surface area contributed by atoms with Gasteiger partial charge in [-0.3, -0.25) is 4.98 Å². The number of fused-ring (bicyclic) bond motifs is 1. The topological polar surface area (TPSA) is 43.6 Å². The van der Waals surface area contributed by atoms with Gasteiger partial charge in [-0.1, -0.05) is 5.21 Å². The van der Waals surface area contributed by atoms with Crippen molar-refractivity contribution in [2.24, 2.45) is 7.05 Å². The molecule has 0 fully saturated rings. The van der Waals surface area contributed by atoms with Crippen LogP contribution in [0.25, 0.3) is 11.0 Å². The van der Waals surface area contributed by atoms with Crippen molar-refractivity contribution in [1.82, 2.24) is 20.0 Å². The first-order valence-corrected chi connectivity index (χ1v) is 3.39. The van der Waals surface area contributed by atoms with Crippen molar-refractivity contribution in [2.45, 2.75) is 6.92 Å². The minimum atomic E-state index is 0.933. The summed E-state index contributed by atoms with van der Waals surface area (Å²) in [5, 5.41) is 7.87. The molecule has 0 N–H and O–H groups in total. The van der Waals surface area contributed by atoms with Gasteiger partial charge in [0.25, 0.3) is 0 Å². The van der Waals surface area contributed by atoms with Crippen molar-refractivity contribution in [3.05, 3.63) is 18.0 Å². The summed E-state index contributed by atoms with van der Waals surface area (Å²) in [6.45, 7) is 1.98. The molecule has 0 saturated carbocycles. The number of aryl methyl sites for hydroxylation is 2. The van der Waals surface area contributed by atoms with Crippen molar-refractivity contribution >= 4 is 11.0 Å². The zero-order valence-electron chi connectivity index (χ0n) is 6.44. The number of hydrogen-bond donors (Lipinski definition) is 0. The summed E-state index contributed by atoms with van der Waals surface area (Å²) < 4.78 is 1.72.